The van der Waals surface area contributed by atoms with E-state index in [1.165, 1.54) is 24.8 Å². The predicted octanol–water partition coefficient (Wildman–Crippen LogP) is 1.59. The topological polar surface area (TPSA) is 48.4 Å². The summed E-state index contributed by atoms with van der Waals surface area (Å²) in [5.74, 6) is 0. The van der Waals surface area contributed by atoms with Crippen molar-refractivity contribution in [2.75, 3.05) is 20.2 Å². The van der Waals surface area contributed by atoms with Crippen molar-refractivity contribution in [2.45, 2.75) is 56.1 Å². The second-order valence-corrected chi connectivity index (χ2v) is 6.84. The van der Waals surface area contributed by atoms with Gasteiger partial charge in [-0.25, -0.2) is 0 Å². The average Bonchev–Trinajstić information content (AvgIpc) is 3.23. The number of pyridine rings is 1. The molecular formula is C17H27N3O. The molecule has 1 aromatic heterocycles. The first kappa shape index (κ1) is 14.9. The van der Waals surface area contributed by atoms with Gasteiger partial charge in [-0.3, -0.25) is 4.98 Å². The van der Waals surface area contributed by atoms with Crippen LogP contribution in [0.15, 0.2) is 24.5 Å². The van der Waals surface area contributed by atoms with Crippen molar-refractivity contribution in [3.8, 4) is 0 Å². The maximum Gasteiger partial charge on any atom is 0.0614 e. The Hall–Kier alpha value is -0.970. The van der Waals surface area contributed by atoms with Crippen LogP contribution in [0.25, 0.3) is 0 Å². The van der Waals surface area contributed by atoms with Crippen molar-refractivity contribution in [3.05, 3.63) is 30.1 Å². The zero-order chi connectivity index (χ0) is 14.7. The lowest BCUT2D eigenvalue weighted by Gasteiger charge is -2.31. The van der Waals surface area contributed by atoms with E-state index >= 15 is 0 Å². The number of aromatic nitrogens is 1. The van der Waals surface area contributed by atoms with E-state index in [-0.39, 0.29) is 12.1 Å². The van der Waals surface area contributed by atoms with Crippen molar-refractivity contribution in [2.24, 2.45) is 0 Å². The minimum Gasteiger partial charge on any atom is -0.394 e. The minimum atomic E-state index is -0.0171. The van der Waals surface area contributed by atoms with Gasteiger partial charge in [0.1, 0.15) is 0 Å². The van der Waals surface area contributed by atoms with E-state index in [0.717, 1.165) is 25.8 Å². The van der Waals surface area contributed by atoms with Crippen molar-refractivity contribution in [3.63, 3.8) is 0 Å². The van der Waals surface area contributed by atoms with Gasteiger partial charge in [0.15, 0.2) is 0 Å². The fourth-order valence-electron chi connectivity index (χ4n) is 3.49. The van der Waals surface area contributed by atoms with Crippen LogP contribution in [0.1, 0.15) is 37.7 Å². The summed E-state index contributed by atoms with van der Waals surface area (Å²) in [5.41, 5.74) is 1.33. The van der Waals surface area contributed by atoms with Crippen LogP contribution < -0.4 is 5.32 Å². The van der Waals surface area contributed by atoms with E-state index in [1.807, 2.05) is 12.4 Å². The van der Waals surface area contributed by atoms with Gasteiger partial charge in [0.25, 0.3) is 0 Å². The van der Waals surface area contributed by atoms with Gasteiger partial charge in [-0.05, 0) is 63.3 Å². The van der Waals surface area contributed by atoms with Crippen LogP contribution >= 0.6 is 0 Å². The van der Waals surface area contributed by atoms with Crippen LogP contribution in [-0.2, 0) is 6.42 Å². The van der Waals surface area contributed by atoms with Gasteiger partial charge in [-0.1, -0.05) is 0 Å². The fraction of sp³-hybridized carbons (Fsp3) is 0.706. The van der Waals surface area contributed by atoms with Crippen molar-refractivity contribution >= 4 is 0 Å². The maximum atomic E-state index is 9.81. The zero-order valence-corrected chi connectivity index (χ0v) is 13.0. The second-order valence-electron chi connectivity index (χ2n) is 6.84. The highest BCUT2D eigenvalue weighted by atomic mass is 16.3. The van der Waals surface area contributed by atoms with E-state index < -0.39 is 0 Å². The highest BCUT2D eigenvalue weighted by molar-refractivity contribution is 5.10. The standard InChI is InChI=1S/C17H27N3O/c1-20(11-7-14-5-9-18-10-6-14)16-4-8-17(12-16,13-21)19-15-2-3-15/h5-6,9-10,15-16,19,21H,2-4,7-8,11-13H2,1H3. The van der Waals surface area contributed by atoms with Crippen LogP contribution in [-0.4, -0.2) is 52.8 Å². The summed E-state index contributed by atoms with van der Waals surface area (Å²) in [5, 5.41) is 13.5. The Morgan fingerprint density at radius 1 is 1.33 bits per heavy atom. The number of nitrogens with zero attached hydrogens (tertiary/aromatic N) is 2. The molecule has 0 aliphatic heterocycles. The molecule has 0 spiro atoms. The van der Waals surface area contributed by atoms with Crippen LogP contribution in [0, 0.1) is 0 Å². The molecule has 0 aromatic carbocycles. The molecule has 116 valence electrons. The first-order valence-electron chi connectivity index (χ1n) is 8.18. The summed E-state index contributed by atoms with van der Waals surface area (Å²) in [6.07, 6.45) is 10.7. The molecule has 2 N–H and O–H groups in total. The van der Waals surface area contributed by atoms with Gasteiger partial charge < -0.3 is 15.3 Å². The Morgan fingerprint density at radius 3 is 2.76 bits per heavy atom. The molecular weight excluding hydrogens is 262 g/mol. The third-order valence-electron chi connectivity index (χ3n) is 5.10. The van der Waals surface area contributed by atoms with Crippen molar-refractivity contribution in [1.29, 1.82) is 0 Å². The Bertz CT molecular complexity index is 449. The lowest BCUT2D eigenvalue weighted by atomic mass is 9.98. The van der Waals surface area contributed by atoms with Gasteiger partial charge >= 0.3 is 0 Å². The van der Waals surface area contributed by atoms with Crippen LogP contribution in [0.4, 0.5) is 0 Å². The van der Waals surface area contributed by atoms with Crippen molar-refractivity contribution in [1.82, 2.24) is 15.2 Å². The third-order valence-corrected chi connectivity index (χ3v) is 5.10. The molecule has 2 fully saturated rings. The largest absolute Gasteiger partial charge is 0.394 e. The Labute approximate surface area is 127 Å². The SMILES string of the molecule is CN(CCc1ccncc1)C1CCC(CO)(NC2CC2)C1. The molecule has 2 aliphatic rings. The van der Waals surface area contributed by atoms with E-state index in [9.17, 15) is 5.11 Å². The van der Waals surface area contributed by atoms with Crippen LogP contribution in [0.5, 0.6) is 0 Å². The summed E-state index contributed by atoms with van der Waals surface area (Å²) >= 11 is 0. The lowest BCUT2D eigenvalue weighted by molar-refractivity contribution is 0.149. The van der Waals surface area contributed by atoms with Crippen LogP contribution in [0.2, 0.25) is 0 Å². The molecule has 0 amide bonds. The first-order chi connectivity index (χ1) is 10.2. The van der Waals surface area contributed by atoms with Crippen LogP contribution in [0.3, 0.4) is 0 Å². The summed E-state index contributed by atoms with van der Waals surface area (Å²) in [7, 11) is 2.22. The molecule has 4 nitrogen and oxygen atoms in total. The van der Waals surface area contributed by atoms with E-state index in [1.54, 1.807) is 0 Å². The second kappa shape index (κ2) is 6.42. The quantitative estimate of drug-likeness (QED) is 0.800. The number of hydrogen-bond acceptors (Lipinski definition) is 4. The van der Waals surface area contributed by atoms with Gasteiger partial charge in [-0.2, -0.15) is 0 Å². The maximum absolute atomic E-state index is 9.81. The smallest absolute Gasteiger partial charge is 0.0614 e. The molecule has 0 bridgehead atoms. The third kappa shape index (κ3) is 3.82. The minimum absolute atomic E-state index is 0.0171. The lowest BCUT2D eigenvalue weighted by Crippen LogP contribution is -2.48. The summed E-state index contributed by atoms with van der Waals surface area (Å²) in [4.78, 5) is 6.53. The molecule has 4 heteroatoms. The highest BCUT2D eigenvalue weighted by Crippen LogP contribution is 2.35. The van der Waals surface area contributed by atoms with Gasteiger partial charge in [-0.15, -0.1) is 0 Å². The molecule has 1 heterocycles. The summed E-state index contributed by atoms with van der Waals surface area (Å²) in [6.45, 7) is 1.35. The summed E-state index contributed by atoms with van der Waals surface area (Å²) in [6, 6.07) is 5.44. The van der Waals surface area contributed by atoms with Gasteiger partial charge in [0, 0.05) is 36.6 Å². The predicted molar refractivity (Wildman–Crippen MR) is 84.2 cm³/mol. The number of likely N-dealkylation sites (N-methyl/N-ethyl adjacent to an activating group) is 1. The molecule has 2 aliphatic carbocycles. The number of aliphatic hydroxyl groups is 1. The molecule has 3 rings (SSSR count). The molecule has 0 saturated heterocycles. The normalized spacial score (nSPS) is 29.2. The molecule has 21 heavy (non-hydrogen) atoms. The highest BCUT2D eigenvalue weighted by Gasteiger charge is 2.42. The Kier molecular flexibility index (Phi) is 4.57. The van der Waals surface area contributed by atoms with Gasteiger partial charge in [0.05, 0.1) is 6.61 Å². The fourth-order valence-corrected chi connectivity index (χ4v) is 3.49. The number of hydrogen-bond donors (Lipinski definition) is 2. The molecule has 2 atom stereocenters. The van der Waals surface area contributed by atoms with E-state index in [4.69, 9.17) is 0 Å². The number of aliphatic hydroxyl groups excluding tert-OH is 1. The average molecular weight is 289 g/mol. The van der Waals surface area contributed by atoms with Crippen molar-refractivity contribution < 1.29 is 5.11 Å². The Morgan fingerprint density at radius 2 is 2.10 bits per heavy atom. The van der Waals surface area contributed by atoms with Gasteiger partial charge in [0.2, 0.25) is 0 Å². The monoisotopic (exact) mass is 289 g/mol. The molecule has 0 radical (unpaired) electrons. The molecule has 2 saturated carbocycles. The first-order valence-corrected chi connectivity index (χ1v) is 8.18. The van der Waals surface area contributed by atoms with E-state index in [2.05, 4.69) is 34.4 Å². The number of rotatable bonds is 7. The summed E-state index contributed by atoms with van der Waals surface area (Å²) < 4.78 is 0. The molecule has 2 unspecified atom stereocenters. The van der Waals surface area contributed by atoms with E-state index in [0.29, 0.717) is 12.1 Å². The number of nitrogens with one attached hydrogen (secondary N) is 1. The Balaban J connectivity index is 1.50. The molecule has 1 aromatic rings. The zero-order valence-electron chi connectivity index (χ0n) is 13.0.